The van der Waals surface area contributed by atoms with Gasteiger partial charge in [0.25, 0.3) is 0 Å². The van der Waals surface area contributed by atoms with Gasteiger partial charge in [-0.3, -0.25) is 4.98 Å². The fraction of sp³-hybridized carbons (Fsp3) is 0.350. The second-order valence-electron chi connectivity index (χ2n) is 6.79. The summed E-state index contributed by atoms with van der Waals surface area (Å²) in [6.45, 7) is 6.94. The molecule has 6 heteroatoms. The standard InChI is InChI=1S/C20H24N4O2/c1-4-24-18-12-15(14-7-9-21-10-8-14)5-6-16(18)22-19(24)17(11-13(2)3)23-20(25)26/h5-10,12-13,17,23H,4,11H2,1-3H3,(H,25,26). The van der Waals surface area contributed by atoms with Crippen LogP contribution >= 0.6 is 0 Å². The van der Waals surface area contributed by atoms with Gasteiger partial charge in [-0.05, 0) is 54.7 Å². The van der Waals surface area contributed by atoms with Crippen LogP contribution < -0.4 is 5.32 Å². The van der Waals surface area contributed by atoms with Gasteiger partial charge in [-0.25, -0.2) is 9.78 Å². The number of nitrogens with one attached hydrogen (secondary N) is 1. The maximum absolute atomic E-state index is 11.3. The molecular weight excluding hydrogens is 328 g/mol. The van der Waals surface area contributed by atoms with Crippen molar-refractivity contribution >= 4 is 17.1 Å². The van der Waals surface area contributed by atoms with E-state index in [1.165, 1.54) is 0 Å². The summed E-state index contributed by atoms with van der Waals surface area (Å²) in [5.41, 5.74) is 4.07. The zero-order valence-corrected chi connectivity index (χ0v) is 15.3. The number of aromatic nitrogens is 3. The van der Waals surface area contributed by atoms with E-state index in [9.17, 15) is 9.90 Å². The number of aryl methyl sites for hydroxylation is 1. The molecule has 1 atom stereocenters. The van der Waals surface area contributed by atoms with Crippen LogP contribution in [-0.2, 0) is 6.54 Å². The molecule has 2 heterocycles. The first kappa shape index (κ1) is 17.9. The molecule has 0 saturated heterocycles. The van der Waals surface area contributed by atoms with Crippen molar-refractivity contribution in [2.45, 2.75) is 39.8 Å². The second-order valence-corrected chi connectivity index (χ2v) is 6.79. The highest BCUT2D eigenvalue weighted by molar-refractivity contribution is 5.83. The number of nitrogens with zero attached hydrogens (tertiary/aromatic N) is 3. The summed E-state index contributed by atoms with van der Waals surface area (Å²) in [4.78, 5) is 20.1. The number of pyridine rings is 1. The molecule has 0 saturated carbocycles. The molecule has 1 aromatic carbocycles. The van der Waals surface area contributed by atoms with Gasteiger partial charge in [0.2, 0.25) is 0 Å². The van der Waals surface area contributed by atoms with Gasteiger partial charge >= 0.3 is 6.09 Å². The quantitative estimate of drug-likeness (QED) is 0.686. The van der Waals surface area contributed by atoms with Crippen LogP contribution in [0.15, 0.2) is 42.7 Å². The van der Waals surface area contributed by atoms with Crippen molar-refractivity contribution in [1.29, 1.82) is 0 Å². The molecule has 0 spiro atoms. The highest BCUT2D eigenvalue weighted by atomic mass is 16.4. The summed E-state index contributed by atoms with van der Waals surface area (Å²) in [6.07, 6.45) is 3.23. The molecule has 6 nitrogen and oxygen atoms in total. The Kier molecular flexibility index (Phi) is 5.21. The Balaban J connectivity index is 2.10. The van der Waals surface area contributed by atoms with Crippen LogP contribution in [0.1, 0.15) is 39.1 Å². The molecule has 0 aliphatic rings. The molecule has 0 radical (unpaired) electrons. The van der Waals surface area contributed by atoms with E-state index in [0.717, 1.165) is 34.5 Å². The Morgan fingerprint density at radius 3 is 2.54 bits per heavy atom. The third kappa shape index (κ3) is 3.69. The van der Waals surface area contributed by atoms with Crippen LogP contribution in [0.2, 0.25) is 0 Å². The van der Waals surface area contributed by atoms with Gasteiger partial charge in [0, 0.05) is 18.9 Å². The van der Waals surface area contributed by atoms with Crippen molar-refractivity contribution in [2.24, 2.45) is 5.92 Å². The number of fused-ring (bicyclic) bond motifs is 1. The SMILES string of the molecule is CCn1c(C(CC(C)C)NC(=O)O)nc2ccc(-c3ccncc3)cc21. The lowest BCUT2D eigenvalue weighted by Crippen LogP contribution is -2.30. The normalized spacial score (nSPS) is 12.5. The zero-order chi connectivity index (χ0) is 18.7. The van der Waals surface area contributed by atoms with E-state index in [0.29, 0.717) is 12.3 Å². The Morgan fingerprint density at radius 2 is 1.92 bits per heavy atom. The molecule has 1 unspecified atom stereocenters. The third-order valence-corrected chi connectivity index (χ3v) is 4.42. The summed E-state index contributed by atoms with van der Waals surface area (Å²) >= 11 is 0. The second kappa shape index (κ2) is 7.56. The van der Waals surface area contributed by atoms with E-state index in [-0.39, 0.29) is 6.04 Å². The maximum atomic E-state index is 11.3. The van der Waals surface area contributed by atoms with Gasteiger partial charge in [0.05, 0.1) is 17.1 Å². The van der Waals surface area contributed by atoms with E-state index in [1.54, 1.807) is 12.4 Å². The predicted octanol–water partition coefficient (Wildman–Crippen LogP) is 4.47. The Labute approximate surface area is 152 Å². The first-order chi connectivity index (χ1) is 12.5. The number of hydrogen-bond acceptors (Lipinski definition) is 3. The number of benzene rings is 1. The molecule has 0 aliphatic carbocycles. The van der Waals surface area contributed by atoms with Gasteiger partial charge < -0.3 is 15.0 Å². The van der Waals surface area contributed by atoms with Crippen LogP contribution in [0.3, 0.4) is 0 Å². The molecule has 0 fully saturated rings. The van der Waals surface area contributed by atoms with Crippen LogP contribution in [-0.4, -0.2) is 25.7 Å². The highest BCUT2D eigenvalue weighted by Gasteiger charge is 2.22. The number of amides is 1. The lowest BCUT2D eigenvalue weighted by atomic mass is 10.0. The van der Waals surface area contributed by atoms with Crippen molar-refractivity contribution < 1.29 is 9.90 Å². The van der Waals surface area contributed by atoms with E-state index in [4.69, 9.17) is 4.98 Å². The minimum Gasteiger partial charge on any atom is -0.465 e. The minimum atomic E-state index is -1.03. The molecule has 2 aromatic heterocycles. The molecular formula is C20H24N4O2. The topological polar surface area (TPSA) is 80.0 Å². The minimum absolute atomic E-state index is 0.329. The van der Waals surface area contributed by atoms with Gasteiger partial charge in [-0.2, -0.15) is 0 Å². The maximum Gasteiger partial charge on any atom is 0.405 e. The summed E-state index contributed by atoms with van der Waals surface area (Å²) in [5.74, 6) is 1.12. The summed E-state index contributed by atoms with van der Waals surface area (Å²) in [5, 5.41) is 11.9. The Hall–Kier alpha value is -2.89. The van der Waals surface area contributed by atoms with Crippen LogP contribution in [0.4, 0.5) is 4.79 Å². The molecule has 1 amide bonds. The van der Waals surface area contributed by atoms with Crippen molar-refractivity contribution in [3.05, 3.63) is 48.5 Å². The predicted molar refractivity (Wildman–Crippen MR) is 102 cm³/mol. The Morgan fingerprint density at radius 1 is 1.19 bits per heavy atom. The van der Waals surface area contributed by atoms with Crippen LogP contribution in [0.25, 0.3) is 22.2 Å². The average Bonchev–Trinajstić information content (AvgIpc) is 2.98. The van der Waals surface area contributed by atoms with E-state index < -0.39 is 6.09 Å². The van der Waals surface area contributed by atoms with Gasteiger partial charge in [0.1, 0.15) is 5.82 Å². The fourth-order valence-corrected chi connectivity index (χ4v) is 3.31. The summed E-state index contributed by atoms with van der Waals surface area (Å²) in [6, 6.07) is 9.76. The molecule has 136 valence electrons. The smallest absolute Gasteiger partial charge is 0.405 e. The first-order valence-corrected chi connectivity index (χ1v) is 8.89. The average molecular weight is 352 g/mol. The van der Waals surface area contributed by atoms with E-state index in [2.05, 4.69) is 41.7 Å². The van der Waals surface area contributed by atoms with E-state index >= 15 is 0 Å². The van der Waals surface area contributed by atoms with Crippen LogP contribution in [0.5, 0.6) is 0 Å². The highest BCUT2D eigenvalue weighted by Crippen LogP contribution is 2.29. The van der Waals surface area contributed by atoms with Gasteiger partial charge in [-0.1, -0.05) is 19.9 Å². The Bertz CT molecular complexity index is 903. The van der Waals surface area contributed by atoms with Gasteiger partial charge in [-0.15, -0.1) is 0 Å². The lowest BCUT2D eigenvalue weighted by molar-refractivity contribution is 0.187. The van der Waals surface area contributed by atoms with Gasteiger partial charge in [0.15, 0.2) is 0 Å². The monoisotopic (exact) mass is 352 g/mol. The molecule has 26 heavy (non-hydrogen) atoms. The van der Waals surface area contributed by atoms with Crippen molar-refractivity contribution in [2.75, 3.05) is 0 Å². The fourth-order valence-electron chi connectivity index (χ4n) is 3.31. The van der Waals surface area contributed by atoms with E-state index in [1.807, 2.05) is 24.3 Å². The molecule has 2 N–H and O–H groups in total. The number of rotatable bonds is 6. The molecule has 3 rings (SSSR count). The number of hydrogen-bond donors (Lipinski definition) is 2. The largest absolute Gasteiger partial charge is 0.465 e. The summed E-state index contributed by atoms with van der Waals surface area (Å²) < 4.78 is 2.10. The summed E-state index contributed by atoms with van der Waals surface area (Å²) in [7, 11) is 0. The number of carboxylic acid groups (broad SMARTS) is 1. The number of carbonyl (C=O) groups is 1. The molecule has 0 aliphatic heterocycles. The van der Waals surface area contributed by atoms with Crippen molar-refractivity contribution in [3.8, 4) is 11.1 Å². The van der Waals surface area contributed by atoms with Crippen LogP contribution in [0, 0.1) is 5.92 Å². The van der Waals surface area contributed by atoms with Crippen molar-refractivity contribution in [3.63, 3.8) is 0 Å². The molecule has 3 aromatic rings. The third-order valence-electron chi connectivity index (χ3n) is 4.42. The number of imidazole rings is 1. The lowest BCUT2D eigenvalue weighted by Gasteiger charge is -2.19. The van der Waals surface area contributed by atoms with Crippen molar-refractivity contribution in [1.82, 2.24) is 19.9 Å². The molecule has 0 bridgehead atoms. The first-order valence-electron chi connectivity index (χ1n) is 8.89. The zero-order valence-electron chi connectivity index (χ0n) is 15.3.